The van der Waals surface area contributed by atoms with Gasteiger partial charge in [0.25, 0.3) is 5.56 Å². The number of amides is 1. The predicted molar refractivity (Wildman–Crippen MR) is 78.8 cm³/mol. The molecule has 6 nitrogen and oxygen atoms in total. The molecule has 0 aliphatic heterocycles. The molecule has 23 heavy (non-hydrogen) atoms. The third-order valence-corrected chi connectivity index (χ3v) is 3.00. The zero-order valence-electron chi connectivity index (χ0n) is 12.4. The van der Waals surface area contributed by atoms with E-state index in [1.165, 1.54) is 6.07 Å². The van der Waals surface area contributed by atoms with Crippen LogP contribution in [0.2, 0.25) is 0 Å². The molecule has 124 valence electrons. The number of carbonyl (C=O) groups excluding carboxylic acids is 1. The van der Waals surface area contributed by atoms with Crippen molar-refractivity contribution in [3.8, 4) is 0 Å². The number of alkyl halides is 3. The molecule has 9 heteroatoms. The molecule has 0 aromatic carbocycles. The Morgan fingerprint density at radius 1 is 1.48 bits per heavy atom. The van der Waals surface area contributed by atoms with Gasteiger partial charge in [-0.1, -0.05) is 0 Å². The van der Waals surface area contributed by atoms with Crippen LogP contribution in [0.5, 0.6) is 0 Å². The number of nitrogens with zero attached hydrogens (tertiary/aromatic N) is 2. The molecular weight excluding hydrogens is 313 g/mol. The second-order valence-electron chi connectivity index (χ2n) is 5.21. The van der Waals surface area contributed by atoms with Crippen LogP contribution in [-0.2, 0) is 4.79 Å². The molecule has 2 heterocycles. The van der Waals surface area contributed by atoms with Crippen LogP contribution >= 0.6 is 0 Å². The van der Waals surface area contributed by atoms with Crippen LogP contribution in [0, 0.1) is 0 Å². The third-order valence-electron chi connectivity index (χ3n) is 3.00. The topological polar surface area (TPSA) is 79.8 Å². The van der Waals surface area contributed by atoms with Gasteiger partial charge in [-0.25, -0.2) is 4.68 Å². The van der Waals surface area contributed by atoms with Gasteiger partial charge < -0.3 is 10.3 Å². The Labute approximate surface area is 129 Å². The molecule has 0 spiro atoms. The lowest BCUT2D eigenvalue weighted by Gasteiger charge is -2.06. The van der Waals surface area contributed by atoms with Gasteiger partial charge in [-0.15, -0.1) is 0 Å². The first kappa shape index (κ1) is 16.8. The fourth-order valence-corrected chi connectivity index (χ4v) is 1.95. The number of nitrogens with one attached hydrogen (secondary N) is 2. The maximum absolute atomic E-state index is 12.0. The molecule has 2 aromatic rings. The number of pyridine rings is 1. The number of hydrogen-bond acceptors (Lipinski definition) is 3. The lowest BCUT2D eigenvalue weighted by atomic mass is 10.2. The maximum atomic E-state index is 12.0. The van der Waals surface area contributed by atoms with Gasteiger partial charge >= 0.3 is 6.18 Å². The number of hydrogen-bond donors (Lipinski definition) is 2. The largest absolute Gasteiger partial charge is 0.405 e. The summed E-state index contributed by atoms with van der Waals surface area (Å²) in [6.45, 7) is 2.39. The molecule has 0 aliphatic rings. The minimum Gasteiger partial charge on any atom is -0.343 e. The Morgan fingerprint density at radius 2 is 2.17 bits per heavy atom. The van der Waals surface area contributed by atoms with E-state index < -0.39 is 24.2 Å². The second-order valence-corrected chi connectivity index (χ2v) is 5.21. The summed E-state index contributed by atoms with van der Waals surface area (Å²) in [6.07, 6.45) is -0.872. The molecule has 0 bridgehead atoms. The summed E-state index contributed by atoms with van der Waals surface area (Å²) in [5, 5.41) is 6.50. The van der Waals surface area contributed by atoms with Gasteiger partial charge in [0.2, 0.25) is 5.91 Å². The molecule has 2 rings (SSSR count). The summed E-state index contributed by atoms with van der Waals surface area (Å²) in [5.74, 6) is -0.931. The van der Waals surface area contributed by atoms with Gasteiger partial charge in [0.05, 0.1) is 6.20 Å². The lowest BCUT2D eigenvalue weighted by Crippen LogP contribution is -2.32. The van der Waals surface area contributed by atoms with Crippen LogP contribution in [0.1, 0.15) is 25.5 Å². The van der Waals surface area contributed by atoms with E-state index in [0.717, 1.165) is 12.2 Å². The SMILES string of the molecule is CC(C)n1ncc2cc(/C=C/C(=O)NCC(F)(F)F)c(=O)[nH]c21. The highest BCUT2D eigenvalue weighted by molar-refractivity contribution is 5.92. The molecule has 0 aliphatic carbocycles. The van der Waals surface area contributed by atoms with E-state index in [1.807, 2.05) is 13.8 Å². The summed E-state index contributed by atoms with van der Waals surface area (Å²) >= 11 is 0. The monoisotopic (exact) mass is 328 g/mol. The molecule has 1 amide bonds. The van der Waals surface area contributed by atoms with Crippen molar-refractivity contribution >= 4 is 23.0 Å². The number of fused-ring (bicyclic) bond motifs is 1. The smallest absolute Gasteiger partial charge is 0.343 e. The minimum absolute atomic E-state index is 0.0534. The van der Waals surface area contributed by atoms with Crippen LogP contribution in [0.4, 0.5) is 13.2 Å². The quantitative estimate of drug-likeness (QED) is 0.843. The first-order valence-electron chi connectivity index (χ1n) is 6.80. The molecule has 0 fully saturated rings. The van der Waals surface area contributed by atoms with Crippen molar-refractivity contribution in [1.82, 2.24) is 20.1 Å². The van der Waals surface area contributed by atoms with Crippen LogP contribution in [0.25, 0.3) is 17.1 Å². The van der Waals surface area contributed by atoms with Gasteiger partial charge in [-0.2, -0.15) is 18.3 Å². The molecule has 0 saturated carbocycles. The molecule has 0 atom stereocenters. The number of H-pyrrole nitrogens is 1. The number of aromatic nitrogens is 3. The lowest BCUT2D eigenvalue weighted by molar-refractivity contribution is -0.135. The van der Waals surface area contributed by atoms with Crippen molar-refractivity contribution in [2.24, 2.45) is 0 Å². The Balaban J connectivity index is 2.21. The van der Waals surface area contributed by atoms with E-state index in [9.17, 15) is 22.8 Å². The second kappa shape index (κ2) is 6.27. The molecule has 0 saturated heterocycles. The van der Waals surface area contributed by atoms with Crippen molar-refractivity contribution in [2.45, 2.75) is 26.1 Å². The highest BCUT2D eigenvalue weighted by Gasteiger charge is 2.27. The van der Waals surface area contributed by atoms with Crippen LogP contribution < -0.4 is 10.9 Å². The molecule has 2 N–H and O–H groups in total. The van der Waals surface area contributed by atoms with Gasteiger partial charge in [0, 0.05) is 23.1 Å². The average molecular weight is 328 g/mol. The average Bonchev–Trinajstić information content (AvgIpc) is 2.84. The number of aromatic amines is 1. The van der Waals surface area contributed by atoms with Crippen molar-refractivity contribution < 1.29 is 18.0 Å². The minimum atomic E-state index is -4.48. The highest BCUT2D eigenvalue weighted by Crippen LogP contribution is 2.15. The van der Waals surface area contributed by atoms with Crippen LogP contribution in [0.3, 0.4) is 0 Å². The Hall–Kier alpha value is -2.58. The predicted octanol–water partition coefficient (Wildman–Crippen LogP) is 2.00. The van der Waals surface area contributed by atoms with Gasteiger partial charge in [-0.3, -0.25) is 9.59 Å². The fraction of sp³-hybridized carbons (Fsp3) is 0.357. The number of carbonyl (C=O) groups is 1. The van der Waals surface area contributed by atoms with Crippen molar-refractivity contribution in [3.63, 3.8) is 0 Å². The Kier molecular flexibility index (Phi) is 4.57. The molecule has 0 unspecified atom stereocenters. The Morgan fingerprint density at radius 3 is 2.78 bits per heavy atom. The highest BCUT2D eigenvalue weighted by atomic mass is 19.4. The van der Waals surface area contributed by atoms with E-state index in [1.54, 1.807) is 16.2 Å². The zero-order valence-corrected chi connectivity index (χ0v) is 12.4. The summed E-state index contributed by atoms with van der Waals surface area (Å²) in [5.41, 5.74) is 0.242. The van der Waals surface area contributed by atoms with Gasteiger partial charge in [-0.05, 0) is 26.0 Å². The van der Waals surface area contributed by atoms with E-state index in [2.05, 4.69) is 10.1 Å². The van der Waals surface area contributed by atoms with Crippen molar-refractivity contribution in [1.29, 1.82) is 0 Å². The van der Waals surface area contributed by atoms with E-state index in [-0.39, 0.29) is 11.6 Å². The van der Waals surface area contributed by atoms with Crippen molar-refractivity contribution in [2.75, 3.05) is 6.54 Å². The van der Waals surface area contributed by atoms with Crippen LogP contribution in [-0.4, -0.2) is 33.4 Å². The van der Waals surface area contributed by atoms with E-state index in [0.29, 0.717) is 11.0 Å². The number of rotatable bonds is 4. The van der Waals surface area contributed by atoms with E-state index >= 15 is 0 Å². The normalized spacial score (nSPS) is 12.4. The summed E-state index contributed by atoms with van der Waals surface area (Å²) in [6, 6.07) is 1.57. The first-order valence-corrected chi connectivity index (χ1v) is 6.80. The van der Waals surface area contributed by atoms with Crippen molar-refractivity contribution in [3.05, 3.63) is 34.3 Å². The van der Waals surface area contributed by atoms with Crippen LogP contribution in [0.15, 0.2) is 23.1 Å². The summed E-state index contributed by atoms with van der Waals surface area (Å²) in [4.78, 5) is 25.9. The molecule has 0 radical (unpaired) electrons. The summed E-state index contributed by atoms with van der Waals surface area (Å²) in [7, 11) is 0. The van der Waals surface area contributed by atoms with Gasteiger partial charge in [0.15, 0.2) is 0 Å². The molecular formula is C14H15F3N4O2. The standard InChI is InChI=1S/C14H15F3N4O2/c1-8(2)21-12-10(6-19-21)5-9(13(23)20-12)3-4-11(22)18-7-14(15,16)17/h3-6,8H,7H2,1-2H3,(H,18,22)(H,20,23)/b4-3+. The number of halogens is 3. The first-order chi connectivity index (χ1) is 10.7. The summed E-state index contributed by atoms with van der Waals surface area (Å²) < 4.78 is 37.6. The Bertz CT molecular complexity index is 802. The van der Waals surface area contributed by atoms with E-state index in [4.69, 9.17) is 0 Å². The maximum Gasteiger partial charge on any atom is 0.405 e. The fourth-order valence-electron chi connectivity index (χ4n) is 1.95. The molecule has 2 aromatic heterocycles. The third kappa shape index (κ3) is 4.21. The zero-order chi connectivity index (χ0) is 17.2. The van der Waals surface area contributed by atoms with Gasteiger partial charge in [0.1, 0.15) is 12.2 Å².